The van der Waals surface area contributed by atoms with Crippen LogP contribution in [0.4, 0.5) is 8.78 Å². The Morgan fingerprint density at radius 3 is 2.08 bits per heavy atom. The second-order valence-corrected chi connectivity index (χ2v) is 9.16. The fraction of sp³-hybridized carbons (Fsp3) is 0.133. The van der Waals surface area contributed by atoms with E-state index in [1.54, 1.807) is 48.7 Å². The number of nitrogens with zero attached hydrogens (tertiary/aromatic N) is 4. The summed E-state index contributed by atoms with van der Waals surface area (Å²) in [5, 5.41) is 0. The summed E-state index contributed by atoms with van der Waals surface area (Å²) in [7, 11) is 0. The van der Waals surface area contributed by atoms with Crippen LogP contribution in [-0.2, 0) is 0 Å². The zero-order valence-electron chi connectivity index (χ0n) is 19.8. The van der Waals surface area contributed by atoms with E-state index in [1.807, 2.05) is 23.2 Å². The third kappa shape index (κ3) is 4.56. The average molecular weight is 493 g/mol. The Labute approximate surface area is 212 Å². The van der Waals surface area contributed by atoms with Gasteiger partial charge in [-0.25, -0.2) is 18.7 Å². The molecule has 1 amide bonds. The van der Waals surface area contributed by atoms with Gasteiger partial charge in [0.1, 0.15) is 11.6 Å². The van der Waals surface area contributed by atoms with E-state index in [0.29, 0.717) is 52.2 Å². The molecular formula is C30H22F2N4O. The van der Waals surface area contributed by atoms with Crippen LogP contribution >= 0.6 is 0 Å². The highest BCUT2D eigenvalue weighted by molar-refractivity contribution is 5.98. The molecule has 7 heteroatoms. The van der Waals surface area contributed by atoms with Crippen LogP contribution in [0.3, 0.4) is 0 Å². The molecule has 2 aromatic heterocycles. The van der Waals surface area contributed by atoms with E-state index in [1.165, 1.54) is 24.3 Å². The van der Waals surface area contributed by atoms with E-state index in [0.717, 1.165) is 12.0 Å². The van der Waals surface area contributed by atoms with E-state index < -0.39 is 0 Å². The summed E-state index contributed by atoms with van der Waals surface area (Å²) in [6.07, 6.45) is 4.50. The third-order valence-electron chi connectivity index (χ3n) is 6.78. The van der Waals surface area contributed by atoms with Gasteiger partial charge in [-0.15, -0.1) is 0 Å². The van der Waals surface area contributed by atoms with Crippen LogP contribution in [0.15, 0.2) is 91.3 Å². The topological polar surface area (TPSA) is 59.0 Å². The van der Waals surface area contributed by atoms with Crippen molar-refractivity contribution in [3.63, 3.8) is 0 Å². The molecule has 1 fully saturated rings. The van der Waals surface area contributed by atoms with Crippen molar-refractivity contribution in [1.29, 1.82) is 0 Å². The van der Waals surface area contributed by atoms with Crippen molar-refractivity contribution in [1.82, 2.24) is 19.9 Å². The predicted molar refractivity (Wildman–Crippen MR) is 138 cm³/mol. The normalized spacial score (nSPS) is 15.3. The van der Waals surface area contributed by atoms with E-state index in [-0.39, 0.29) is 23.5 Å². The summed E-state index contributed by atoms with van der Waals surface area (Å²) in [5.41, 5.74) is 5.28. The Kier molecular flexibility index (Phi) is 5.88. The Bertz CT molecular complexity index is 1590. The van der Waals surface area contributed by atoms with E-state index in [9.17, 15) is 13.6 Å². The van der Waals surface area contributed by atoms with Gasteiger partial charge in [0, 0.05) is 48.1 Å². The number of carbonyl (C=O) groups excluding carboxylic acids is 1. The van der Waals surface area contributed by atoms with Crippen LogP contribution in [-0.4, -0.2) is 38.8 Å². The van der Waals surface area contributed by atoms with Crippen LogP contribution in [0.2, 0.25) is 0 Å². The number of pyridine rings is 1. The number of hydrogen-bond acceptors (Lipinski definition) is 4. The van der Waals surface area contributed by atoms with Crippen molar-refractivity contribution in [2.75, 3.05) is 13.1 Å². The summed E-state index contributed by atoms with van der Waals surface area (Å²) >= 11 is 0. The van der Waals surface area contributed by atoms with Crippen LogP contribution in [0.1, 0.15) is 28.3 Å². The minimum Gasteiger partial charge on any atom is -0.338 e. The lowest BCUT2D eigenvalue weighted by atomic mass is 10.0. The van der Waals surface area contributed by atoms with Gasteiger partial charge in [-0.2, -0.15) is 0 Å². The number of carbonyl (C=O) groups is 1. The molecule has 0 radical (unpaired) electrons. The molecule has 182 valence electrons. The molecular weight excluding hydrogens is 470 g/mol. The minimum absolute atomic E-state index is 0.0546. The van der Waals surface area contributed by atoms with Crippen molar-refractivity contribution in [3.05, 3.63) is 114 Å². The van der Waals surface area contributed by atoms with Crippen molar-refractivity contribution >= 4 is 16.9 Å². The second kappa shape index (κ2) is 9.50. The number of rotatable bonds is 4. The summed E-state index contributed by atoms with van der Waals surface area (Å²) in [6, 6.07) is 21.3. The molecule has 0 aliphatic carbocycles. The Balaban J connectivity index is 1.37. The highest BCUT2D eigenvalue weighted by Crippen LogP contribution is 2.32. The first kappa shape index (κ1) is 22.9. The number of halogens is 2. The molecule has 1 aliphatic heterocycles. The predicted octanol–water partition coefficient (Wildman–Crippen LogP) is 6.27. The highest BCUT2D eigenvalue weighted by atomic mass is 19.1. The Hall–Kier alpha value is -4.52. The van der Waals surface area contributed by atoms with Gasteiger partial charge < -0.3 is 4.90 Å². The first-order valence-electron chi connectivity index (χ1n) is 12.1. The smallest absolute Gasteiger partial charge is 0.253 e. The van der Waals surface area contributed by atoms with Gasteiger partial charge in [-0.1, -0.05) is 6.07 Å². The first-order valence-corrected chi connectivity index (χ1v) is 12.1. The maximum atomic E-state index is 13.6. The van der Waals surface area contributed by atoms with Gasteiger partial charge in [0.25, 0.3) is 5.91 Å². The molecule has 3 heterocycles. The SMILES string of the molecule is O=C(c1ccc2nc(-c3ccc(F)cc3)c(-c3ccc(F)cc3)nc2c1)N1CCC(c2cccnc2)C1. The summed E-state index contributed by atoms with van der Waals surface area (Å²) < 4.78 is 27.2. The van der Waals surface area contributed by atoms with Crippen molar-refractivity contribution in [2.45, 2.75) is 12.3 Å². The molecule has 0 bridgehead atoms. The number of amides is 1. The molecule has 0 N–H and O–H groups in total. The average Bonchev–Trinajstić information content (AvgIpc) is 3.44. The van der Waals surface area contributed by atoms with Gasteiger partial charge in [0.05, 0.1) is 22.4 Å². The maximum Gasteiger partial charge on any atom is 0.253 e. The van der Waals surface area contributed by atoms with E-state index in [4.69, 9.17) is 9.97 Å². The van der Waals surface area contributed by atoms with Gasteiger partial charge >= 0.3 is 0 Å². The Morgan fingerprint density at radius 1 is 0.811 bits per heavy atom. The quantitative estimate of drug-likeness (QED) is 0.297. The maximum absolute atomic E-state index is 13.6. The van der Waals surface area contributed by atoms with Crippen LogP contribution in [0.25, 0.3) is 33.5 Å². The molecule has 1 aliphatic rings. The Morgan fingerprint density at radius 2 is 1.46 bits per heavy atom. The summed E-state index contributed by atoms with van der Waals surface area (Å²) in [5.74, 6) is -0.497. The molecule has 5 nitrogen and oxygen atoms in total. The number of hydrogen-bond donors (Lipinski definition) is 0. The van der Waals surface area contributed by atoms with Gasteiger partial charge in [0.2, 0.25) is 0 Å². The number of likely N-dealkylation sites (tertiary alicyclic amines) is 1. The van der Waals surface area contributed by atoms with Crippen molar-refractivity contribution in [3.8, 4) is 22.5 Å². The van der Waals surface area contributed by atoms with Crippen LogP contribution in [0, 0.1) is 11.6 Å². The summed E-state index contributed by atoms with van der Waals surface area (Å²) in [6.45, 7) is 1.31. The molecule has 1 saturated heterocycles. The van der Waals surface area contributed by atoms with E-state index in [2.05, 4.69) is 4.98 Å². The molecule has 6 rings (SSSR count). The molecule has 1 unspecified atom stereocenters. The number of fused-ring (bicyclic) bond motifs is 1. The lowest BCUT2D eigenvalue weighted by Gasteiger charge is -2.17. The molecule has 37 heavy (non-hydrogen) atoms. The first-order chi connectivity index (χ1) is 18.0. The number of benzene rings is 3. The molecule has 1 atom stereocenters. The fourth-order valence-electron chi connectivity index (χ4n) is 4.82. The lowest BCUT2D eigenvalue weighted by Crippen LogP contribution is -2.28. The van der Waals surface area contributed by atoms with Gasteiger partial charge in [-0.05, 0) is 84.8 Å². The lowest BCUT2D eigenvalue weighted by molar-refractivity contribution is 0.0791. The summed E-state index contributed by atoms with van der Waals surface area (Å²) in [4.78, 5) is 29.1. The van der Waals surface area contributed by atoms with E-state index >= 15 is 0 Å². The largest absolute Gasteiger partial charge is 0.338 e. The monoisotopic (exact) mass is 492 g/mol. The fourth-order valence-corrected chi connectivity index (χ4v) is 4.82. The standard InChI is InChI=1S/C30H22F2N4O/c31-24-8-3-19(4-9-24)28-29(20-5-10-25(32)11-6-20)35-27-16-21(7-12-26(27)34-28)30(37)36-15-13-23(18-36)22-2-1-14-33-17-22/h1-12,14,16-17,23H,13,15,18H2. The molecule has 5 aromatic rings. The van der Waals surface area contributed by atoms with Gasteiger partial charge in [0.15, 0.2) is 0 Å². The van der Waals surface area contributed by atoms with Crippen LogP contribution < -0.4 is 0 Å². The van der Waals surface area contributed by atoms with Gasteiger partial charge in [-0.3, -0.25) is 9.78 Å². The zero-order chi connectivity index (χ0) is 25.4. The third-order valence-corrected chi connectivity index (χ3v) is 6.78. The molecule has 0 saturated carbocycles. The number of aromatic nitrogens is 3. The molecule has 0 spiro atoms. The van der Waals surface area contributed by atoms with Crippen molar-refractivity contribution in [2.24, 2.45) is 0 Å². The van der Waals surface area contributed by atoms with Crippen molar-refractivity contribution < 1.29 is 13.6 Å². The van der Waals surface area contributed by atoms with Crippen LogP contribution in [0.5, 0.6) is 0 Å². The second-order valence-electron chi connectivity index (χ2n) is 9.16. The highest BCUT2D eigenvalue weighted by Gasteiger charge is 2.28. The minimum atomic E-state index is -0.357. The zero-order valence-corrected chi connectivity index (χ0v) is 19.8. The molecule has 3 aromatic carbocycles.